The van der Waals surface area contributed by atoms with E-state index in [1.54, 1.807) is 16.8 Å². The van der Waals surface area contributed by atoms with Gasteiger partial charge in [0.1, 0.15) is 5.82 Å². The molecule has 2 aromatic rings. The fourth-order valence-electron chi connectivity index (χ4n) is 2.03. The summed E-state index contributed by atoms with van der Waals surface area (Å²) in [7, 11) is 1.84. The summed E-state index contributed by atoms with van der Waals surface area (Å²) in [6, 6.07) is 4.67. The fraction of sp³-hybridized carbons (Fsp3) is 0.308. The second kappa shape index (κ2) is 5.08. The predicted octanol–water partition coefficient (Wildman–Crippen LogP) is 2.76. The zero-order valence-corrected chi connectivity index (χ0v) is 11.1. The van der Waals surface area contributed by atoms with Crippen LogP contribution < -0.4 is 5.73 Å². The Hall–Kier alpha value is -1.39. The van der Waals surface area contributed by atoms with Crippen LogP contribution in [0.15, 0.2) is 24.4 Å². The third kappa shape index (κ3) is 2.54. The number of hydrogen-bond acceptors (Lipinski definition) is 2. The van der Waals surface area contributed by atoms with E-state index in [2.05, 4.69) is 5.10 Å². The lowest BCUT2D eigenvalue weighted by atomic mass is 10.00. The number of nitrogens with zero attached hydrogens (tertiary/aromatic N) is 2. The molecule has 18 heavy (non-hydrogen) atoms. The van der Waals surface area contributed by atoms with Crippen LogP contribution in [0.4, 0.5) is 4.39 Å². The Bertz CT molecular complexity index is 565. The number of hydrogen-bond donors (Lipinski definition) is 1. The van der Waals surface area contributed by atoms with Gasteiger partial charge >= 0.3 is 0 Å². The fourth-order valence-corrected chi connectivity index (χ4v) is 2.23. The molecule has 0 saturated heterocycles. The zero-order valence-electron chi connectivity index (χ0n) is 10.3. The summed E-state index contributed by atoms with van der Waals surface area (Å²) in [5, 5.41) is 4.36. The topological polar surface area (TPSA) is 43.8 Å². The van der Waals surface area contributed by atoms with E-state index in [9.17, 15) is 4.39 Å². The Morgan fingerprint density at radius 2 is 2.22 bits per heavy atom. The van der Waals surface area contributed by atoms with Crippen LogP contribution in [0.5, 0.6) is 0 Å². The van der Waals surface area contributed by atoms with E-state index >= 15 is 0 Å². The smallest absolute Gasteiger partial charge is 0.145 e. The van der Waals surface area contributed by atoms with Crippen molar-refractivity contribution in [1.82, 2.24) is 9.78 Å². The maximum atomic E-state index is 13.8. The monoisotopic (exact) mass is 267 g/mol. The first-order chi connectivity index (χ1) is 8.49. The maximum absolute atomic E-state index is 13.8. The molecule has 0 aliphatic rings. The molecule has 0 fully saturated rings. The van der Waals surface area contributed by atoms with Crippen molar-refractivity contribution < 1.29 is 4.39 Å². The normalized spacial score (nSPS) is 12.7. The number of benzene rings is 1. The molecule has 1 atom stereocenters. The van der Waals surface area contributed by atoms with Crippen LogP contribution in [-0.4, -0.2) is 9.78 Å². The molecule has 0 bridgehead atoms. The lowest BCUT2D eigenvalue weighted by Crippen LogP contribution is -2.14. The summed E-state index contributed by atoms with van der Waals surface area (Å²) in [5.74, 6) is -0.392. The number of aryl methyl sites for hydroxylation is 2. The van der Waals surface area contributed by atoms with Crippen LogP contribution in [0.2, 0.25) is 5.02 Å². The second-order valence-electron chi connectivity index (χ2n) is 4.37. The van der Waals surface area contributed by atoms with Crippen LogP contribution in [0.3, 0.4) is 0 Å². The summed E-state index contributed by atoms with van der Waals surface area (Å²) in [5.41, 5.74) is 8.42. The molecule has 0 spiro atoms. The Morgan fingerprint density at radius 3 is 2.83 bits per heavy atom. The molecule has 0 aliphatic heterocycles. The minimum Gasteiger partial charge on any atom is -0.324 e. The quantitative estimate of drug-likeness (QED) is 0.929. The number of aromatic nitrogens is 2. The molecule has 2 N–H and O–H groups in total. The van der Waals surface area contributed by atoms with Crippen LogP contribution in [0.25, 0.3) is 0 Å². The molecule has 1 heterocycles. The number of nitrogens with two attached hydrogens (primary N) is 1. The molecule has 1 aromatic carbocycles. The van der Waals surface area contributed by atoms with Crippen molar-refractivity contribution >= 4 is 11.6 Å². The number of rotatable bonds is 3. The van der Waals surface area contributed by atoms with Crippen molar-refractivity contribution in [2.75, 3.05) is 0 Å². The molecule has 96 valence electrons. The first-order valence-electron chi connectivity index (χ1n) is 5.67. The van der Waals surface area contributed by atoms with Gasteiger partial charge in [-0.05, 0) is 25.0 Å². The molecule has 1 unspecified atom stereocenters. The highest BCUT2D eigenvalue weighted by Gasteiger charge is 2.15. The van der Waals surface area contributed by atoms with Gasteiger partial charge in [0.2, 0.25) is 0 Å². The molecular weight excluding hydrogens is 253 g/mol. The first-order valence-corrected chi connectivity index (χ1v) is 6.05. The van der Waals surface area contributed by atoms with Gasteiger partial charge in [-0.1, -0.05) is 23.7 Å². The highest BCUT2D eigenvalue weighted by Crippen LogP contribution is 2.23. The maximum Gasteiger partial charge on any atom is 0.145 e. The van der Waals surface area contributed by atoms with Crippen molar-refractivity contribution in [3.63, 3.8) is 0 Å². The Balaban J connectivity index is 2.24. The zero-order chi connectivity index (χ0) is 13.3. The third-order valence-corrected chi connectivity index (χ3v) is 3.21. The van der Waals surface area contributed by atoms with E-state index in [4.69, 9.17) is 17.3 Å². The van der Waals surface area contributed by atoms with E-state index in [-0.39, 0.29) is 11.1 Å². The second-order valence-corrected chi connectivity index (χ2v) is 4.77. The van der Waals surface area contributed by atoms with E-state index in [0.29, 0.717) is 12.0 Å². The highest BCUT2D eigenvalue weighted by atomic mass is 35.5. The van der Waals surface area contributed by atoms with Gasteiger partial charge in [-0.3, -0.25) is 4.68 Å². The van der Waals surface area contributed by atoms with E-state index in [0.717, 1.165) is 11.3 Å². The first kappa shape index (κ1) is 13.1. The van der Waals surface area contributed by atoms with Gasteiger partial charge < -0.3 is 5.73 Å². The van der Waals surface area contributed by atoms with Gasteiger partial charge in [0, 0.05) is 24.8 Å². The SMILES string of the molecule is Cc1nn(C)cc1C(N)Cc1cccc(Cl)c1F. The highest BCUT2D eigenvalue weighted by molar-refractivity contribution is 6.30. The minimum absolute atomic E-state index is 0.127. The standard InChI is InChI=1S/C13H15ClFN3/c1-8-10(7-18(2)17-8)12(16)6-9-4-3-5-11(14)13(9)15/h3-5,7,12H,6,16H2,1-2H3. The Morgan fingerprint density at radius 1 is 1.50 bits per heavy atom. The van der Waals surface area contributed by atoms with E-state index in [1.165, 1.54) is 6.07 Å². The molecule has 2 rings (SSSR count). The summed E-state index contributed by atoms with van der Waals surface area (Å²) in [6.45, 7) is 1.89. The average Bonchev–Trinajstić information content (AvgIpc) is 2.64. The van der Waals surface area contributed by atoms with Crippen LogP contribution in [-0.2, 0) is 13.5 Å². The summed E-state index contributed by atoms with van der Waals surface area (Å²) in [6.07, 6.45) is 2.27. The molecular formula is C13H15ClFN3. The molecule has 0 saturated carbocycles. The predicted molar refractivity (Wildman–Crippen MR) is 70.0 cm³/mol. The molecule has 5 heteroatoms. The molecule has 0 amide bonds. The van der Waals surface area contributed by atoms with Crippen molar-refractivity contribution in [3.8, 4) is 0 Å². The van der Waals surface area contributed by atoms with Gasteiger partial charge in [-0.15, -0.1) is 0 Å². The Kier molecular flexibility index (Phi) is 3.68. The minimum atomic E-state index is -0.392. The lowest BCUT2D eigenvalue weighted by molar-refractivity contribution is 0.593. The van der Waals surface area contributed by atoms with Crippen molar-refractivity contribution in [2.24, 2.45) is 12.8 Å². The summed E-state index contributed by atoms with van der Waals surface area (Å²) in [4.78, 5) is 0. The Labute approximate surface area is 110 Å². The molecule has 3 nitrogen and oxygen atoms in total. The van der Waals surface area contributed by atoms with E-state index < -0.39 is 5.82 Å². The third-order valence-electron chi connectivity index (χ3n) is 2.92. The van der Waals surface area contributed by atoms with Gasteiger partial charge in [-0.2, -0.15) is 5.10 Å². The summed E-state index contributed by atoms with van der Waals surface area (Å²) < 4.78 is 15.5. The van der Waals surface area contributed by atoms with Crippen molar-refractivity contribution in [2.45, 2.75) is 19.4 Å². The van der Waals surface area contributed by atoms with Crippen LogP contribution in [0.1, 0.15) is 22.9 Å². The van der Waals surface area contributed by atoms with Crippen molar-refractivity contribution in [3.05, 3.63) is 52.1 Å². The van der Waals surface area contributed by atoms with Crippen LogP contribution in [0, 0.1) is 12.7 Å². The van der Waals surface area contributed by atoms with Crippen LogP contribution >= 0.6 is 11.6 Å². The van der Waals surface area contributed by atoms with Gasteiger partial charge in [-0.25, -0.2) is 4.39 Å². The van der Waals surface area contributed by atoms with Gasteiger partial charge in [0.15, 0.2) is 0 Å². The number of halogens is 2. The molecule has 1 aromatic heterocycles. The van der Waals surface area contributed by atoms with Gasteiger partial charge in [0.05, 0.1) is 10.7 Å². The summed E-state index contributed by atoms with van der Waals surface area (Å²) >= 11 is 5.75. The van der Waals surface area contributed by atoms with Gasteiger partial charge in [0.25, 0.3) is 0 Å². The lowest BCUT2D eigenvalue weighted by Gasteiger charge is -2.12. The molecule has 0 aliphatic carbocycles. The van der Waals surface area contributed by atoms with E-state index in [1.807, 2.05) is 20.2 Å². The van der Waals surface area contributed by atoms with Crippen molar-refractivity contribution in [1.29, 1.82) is 0 Å². The molecule has 0 radical (unpaired) electrons. The average molecular weight is 268 g/mol. The largest absolute Gasteiger partial charge is 0.324 e.